The predicted octanol–water partition coefficient (Wildman–Crippen LogP) is -1.85. The molecule has 0 aromatic heterocycles. The van der Waals surface area contributed by atoms with E-state index in [9.17, 15) is 15.3 Å². The van der Waals surface area contributed by atoms with Crippen molar-refractivity contribution in [3.05, 3.63) is 34.9 Å². The van der Waals surface area contributed by atoms with Gasteiger partial charge in [-0.3, -0.25) is 0 Å². The number of rotatable bonds is 6. The second-order valence-electron chi connectivity index (χ2n) is 4.47. The highest BCUT2D eigenvalue weighted by atomic mass is 16.3. The molecule has 6 heteroatoms. The van der Waals surface area contributed by atoms with E-state index in [2.05, 4.69) is 0 Å². The lowest BCUT2D eigenvalue weighted by Gasteiger charge is -2.13. The molecule has 0 spiro atoms. The van der Waals surface area contributed by atoms with Gasteiger partial charge in [-0.05, 0) is 16.7 Å². The molecule has 0 radical (unpaired) electrons. The minimum atomic E-state index is -0.946. The van der Waals surface area contributed by atoms with E-state index in [0.717, 1.165) is 16.7 Å². The molecule has 1 aromatic carbocycles. The monoisotopic (exact) mass is 255 g/mol. The zero-order valence-electron chi connectivity index (χ0n) is 10.2. The van der Waals surface area contributed by atoms with Gasteiger partial charge in [0.25, 0.3) is 0 Å². The van der Waals surface area contributed by atoms with Crippen LogP contribution in [0, 0.1) is 0 Å². The lowest BCUT2D eigenvalue weighted by molar-refractivity contribution is 0.180. The fourth-order valence-electron chi connectivity index (χ4n) is 1.92. The van der Waals surface area contributed by atoms with E-state index in [1.165, 1.54) is 0 Å². The highest BCUT2D eigenvalue weighted by molar-refractivity contribution is 5.31. The van der Waals surface area contributed by atoms with Crippen LogP contribution in [0.15, 0.2) is 18.2 Å². The Morgan fingerprint density at radius 2 is 0.889 bits per heavy atom. The predicted molar refractivity (Wildman–Crippen MR) is 68.1 cm³/mol. The Hall–Kier alpha value is -1.02. The third kappa shape index (κ3) is 5.54. The maximum Gasteiger partial charge on any atom is 0.106 e. The topological polar surface area (TPSA) is 139 Å². The lowest BCUT2D eigenvalue weighted by Crippen LogP contribution is -2.24. The minimum absolute atomic E-state index is 0.294. The van der Waals surface area contributed by atoms with Crippen LogP contribution in [0.5, 0.6) is 0 Å². The number of aliphatic hydroxyl groups excluding tert-OH is 3. The molecule has 0 amide bonds. The SMILES string of the molecule is NC(O)Cc1cc(CC(N)O)cc(CC(N)O)c1. The first-order chi connectivity index (χ1) is 8.36. The van der Waals surface area contributed by atoms with Gasteiger partial charge in [-0.2, -0.15) is 0 Å². The lowest BCUT2D eigenvalue weighted by atomic mass is 9.99. The van der Waals surface area contributed by atoms with Crippen LogP contribution in [0.25, 0.3) is 0 Å². The molecule has 0 saturated heterocycles. The standard InChI is InChI=1S/C12H21N3O3/c13-10(16)4-7-1-8(5-11(14)17)3-9(2-7)6-12(15)18/h1-3,10-12,16-18H,4-6,13-15H2. The van der Waals surface area contributed by atoms with E-state index >= 15 is 0 Å². The molecule has 0 heterocycles. The van der Waals surface area contributed by atoms with E-state index in [0.29, 0.717) is 19.3 Å². The summed E-state index contributed by atoms with van der Waals surface area (Å²) in [5, 5.41) is 27.5. The molecule has 102 valence electrons. The average Bonchev–Trinajstić information content (AvgIpc) is 2.12. The van der Waals surface area contributed by atoms with E-state index < -0.39 is 18.7 Å². The van der Waals surface area contributed by atoms with Gasteiger partial charge in [-0.15, -0.1) is 0 Å². The van der Waals surface area contributed by atoms with Gasteiger partial charge in [0.15, 0.2) is 0 Å². The molecule has 3 atom stereocenters. The largest absolute Gasteiger partial charge is 0.378 e. The second-order valence-corrected chi connectivity index (χ2v) is 4.47. The Labute approximate surface area is 106 Å². The van der Waals surface area contributed by atoms with Crippen LogP contribution in [0.1, 0.15) is 16.7 Å². The molecule has 6 nitrogen and oxygen atoms in total. The average molecular weight is 255 g/mol. The summed E-state index contributed by atoms with van der Waals surface area (Å²) in [7, 11) is 0. The van der Waals surface area contributed by atoms with Gasteiger partial charge >= 0.3 is 0 Å². The first kappa shape index (κ1) is 15.0. The van der Waals surface area contributed by atoms with Crippen molar-refractivity contribution in [2.45, 2.75) is 37.9 Å². The third-order valence-corrected chi connectivity index (χ3v) is 2.45. The van der Waals surface area contributed by atoms with Crippen molar-refractivity contribution >= 4 is 0 Å². The van der Waals surface area contributed by atoms with Crippen LogP contribution in [0.4, 0.5) is 0 Å². The van der Waals surface area contributed by atoms with E-state index in [1.54, 1.807) is 0 Å². The summed E-state index contributed by atoms with van der Waals surface area (Å²) < 4.78 is 0. The zero-order valence-corrected chi connectivity index (χ0v) is 10.2. The molecule has 0 aliphatic carbocycles. The van der Waals surface area contributed by atoms with Crippen molar-refractivity contribution in [1.29, 1.82) is 0 Å². The Bertz CT molecular complexity index is 311. The highest BCUT2D eigenvalue weighted by Crippen LogP contribution is 2.14. The number of benzene rings is 1. The molecule has 0 fully saturated rings. The van der Waals surface area contributed by atoms with Crippen LogP contribution in [0.2, 0.25) is 0 Å². The summed E-state index contributed by atoms with van der Waals surface area (Å²) in [5.41, 5.74) is 18.5. The van der Waals surface area contributed by atoms with Gasteiger partial charge in [0.2, 0.25) is 0 Å². The summed E-state index contributed by atoms with van der Waals surface area (Å²) in [6.45, 7) is 0. The number of aliphatic hydroxyl groups is 3. The molecule has 1 aromatic rings. The van der Waals surface area contributed by atoms with Crippen molar-refractivity contribution in [2.24, 2.45) is 17.2 Å². The molecular formula is C12H21N3O3. The molecule has 18 heavy (non-hydrogen) atoms. The fraction of sp³-hybridized carbons (Fsp3) is 0.500. The number of hydrogen-bond acceptors (Lipinski definition) is 6. The summed E-state index contributed by atoms with van der Waals surface area (Å²) >= 11 is 0. The maximum absolute atomic E-state index is 9.18. The smallest absolute Gasteiger partial charge is 0.106 e. The summed E-state index contributed by atoms with van der Waals surface area (Å²) in [6.07, 6.45) is -1.96. The van der Waals surface area contributed by atoms with Crippen LogP contribution < -0.4 is 17.2 Å². The van der Waals surface area contributed by atoms with Gasteiger partial charge in [0.1, 0.15) is 18.7 Å². The van der Waals surface area contributed by atoms with Gasteiger partial charge in [0.05, 0.1) is 0 Å². The fourth-order valence-corrected chi connectivity index (χ4v) is 1.92. The maximum atomic E-state index is 9.18. The van der Waals surface area contributed by atoms with E-state index in [-0.39, 0.29) is 0 Å². The highest BCUT2D eigenvalue weighted by Gasteiger charge is 2.08. The van der Waals surface area contributed by atoms with Crippen molar-refractivity contribution in [3.63, 3.8) is 0 Å². The van der Waals surface area contributed by atoms with Gasteiger partial charge in [-0.1, -0.05) is 18.2 Å². The Morgan fingerprint density at radius 1 is 0.667 bits per heavy atom. The van der Waals surface area contributed by atoms with Crippen LogP contribution in [-0.2, 0) is 19.3 Å². The molecule has 0 aliphatic heterocycles. The van der Waals surface area contributed by atoms with Crippen molar-refractivity contribution in [1.82, 2.24) is 0 Å². The van der Waals surface area contributed by atoms with Gasteiger partial charge in [-0.25, -0.2) is 0 Å². The number of nitrogens with two attached hydrogens (primary N) is 3. The van der Waals surface area contributed by atoms with E-state index in [4.69, 9.17) is 17.2 Å². The van der Waals surface area contributed by atoms with Crippen LogP contribution in [-0.4, -0.2) is 34.0 Å². The second kappa shape index (κ2) is 6.79. The Balaban J connectivity index is 2.95. The van der Waals surface area contributed by atoms with Crippen molar-refractivity contribution in [3.8, 4) is 0 Å². The van der Waals surface area contributed by atoms with Crippen LogP contribution >= 0.6 is 0 Å². The molecule has 1 rings (SSSR count). The summed E-state index contributed by atoms with van der Waals surface area (Å²) in [4.78, 5) is 0. The normalized spacial score (nSPS) is 16.3. The van der Waals surface area contributed by atoms with Gasteiger partial charge in [0, 0.05) is 19.3 Å². The Morgan fingerprint density at radius 3 is 1.06 bits per heavy atom. The molecule has 0 bridgehead atoms. The molecule has 0 saturated carbocycles. The van der Waals surface area contributed by atoms with Crippen LogP contribution in [0.3, 0.4) is 0 Å². The summed E-state index contributed by atoms with van der Waals surface area (Å²) in [5.74, 6) is 0. The van der Waals surface area contributed by atoms with Gasteiger partial charge < -0.3 is 32.5 Å². The zero-order chi connectivity index (χ0) is 13.7. The third-order valence-electron chi connectivity index (χ3n) is 2.45. The molecule has 9 N–H and O–H groups in total. The van der Waals surface area contributed by atoms with E-state index in [1.807, 2.05) is 18.2 Å². The first-order valence-corrected chi connectivity index (χ1v) is 5.79. The summed E-state index contributed by atoms with van der Waals surface area (Å²) in [6, 6.07) is 5.45. The quantitative estimate of drug-likeness (QED) is 0.330. The van der Waals surface area contributed by atoms with Crippen molar-refractivity contribution in [2.75, 3.05) is 0 Å². The minimum Gasteiger partial charge on any atom is -0.378 e. The Kier molecular flexibility index (Phi) is 5.67. The molecule has 3 unspecified atom stereocenters. The first-order valence-electron chi connectivity index (χ1n) is 5.79. The molecular weight excluding hydrogens is 234 g/mol. The van der Waals surface area contributed by atoms with Crippen molar-refractivity contribution < 1.29 is 15.3 Å². The number of hydrogen-bond donors (Lipinski definition) is 6. The molecule has 0 aliphatic rings.